The molecule has 6 heteroatoms. The number of carbonyl (C=O) groups excluding carboxylic acids is 2. The predicted molar refractivity (Wildman–Crippen MR) is 80.3 cm³/mol. The van der Waals surface area contributed by atoms with Gasteiger partial charge in [-0.25, -0.2) is 11.0 Å². The summed E-state index contributed by atoms with van der Waals surface area (Å²) in [5.74, 6) is -1.25. The van der Waals surface area contributed by atoms with Crippen molar-refractivity contribution >= 4 is 24.0 Å². The summed E-state index contributed by atoms with van der Waals surface area (Å²) in [6.07, 6.45) is 3.29. The smallest absolute Gasteiger partial charge is 0.275 e. The van der Waals surface area contributed by atoms with E-state index in [1.165, 1.54) is 0 Å². The van der Waals surface area contributed by atoms with E-state index in [4.69, 9.17) is 10.4 Å². The van der Waals surface area contributed by atoms with Crippen LogP contribution in [0.5, 0.6) is 0 Å². The Morgan fingerprint density at radius 1 is 0.727 bits per heavy atom. The fourth-order valence-corrected chi connectivity index (χ4v) is 2.00. The number of benzene rings is 2. The van der Waals surface area contributed by atoms with Crippen LogP contribution >= 0.6 is 0 Å². The van der Waals surface area contributed by atoms with Crippen molar-refractivity contribution < 1.29 is 20.0 Å². The first kappa shape index (κ1) is 15.4. The van der Waals surface area contributed by atoms with E-state index >= 15 is 0 Å². The number of hydrogen-bond donors (Lipinski definition) is 4. The van der Waals surface area contributed by atoms with Crippen molar-refractivity contribution in [3.05, 3.63) is 70.8 Å². The summed E-state index contributed by atoms with van der Waals surface area (Å²) < 4.78 is 0. The normalized spacial score (nSPS) is 10.5. The van der Waals surface area contributed by atoms with E-state index in [9.17, 15) is 9.59 Å². The molecular formula is C16H14N2O4. The van der Waals surface area contributed by atoms with Crippen LogP contribution in [0.25, 0.3) is 12.2 Å². The van der Waals surface area contributed by atoms with Gasteiger partial charge >= 0.3 is 0 Å². The second kappa shape index (κ2) is 7.16. The predicted octanol–water partition coefficient (Wildman–Crippen LogP) is 2.10. The van der Waals surface area contributed by atoms with Gasteiger partial charge in [0.05, 0.1) is 0 Å². The van der Waals surface area contributed by atoms with Crippen LogP contribution in [0.1, 0.15) is 31.8 Å². The zero-order chi connectivity index (χ0) is 15.9. The van der Waals surface area contributed by atoms with Gasteiger partial charge in [-0.1, -0.05) is 48.6 Å². The first-order chi connectivity index (χ1) is 10.7. The van der Waals surface area contributed by atoms with Crippen molar-refractivity contribution in [3.8, 4) is 0 Å². The van der Waals surface area contributed by atoms with Crippen LogP contribution < -0.4 is 11.0 Å². The van der Waals surface area contributed by atoms with E-state index in [1.807, 2.05) is 0 Å². The van der Waals surface area contributed by atoms with Gasteiger partial charge in [0.15, 0.2) is 0 Å². The molecule has 0 heterocycles. The summed E-state index contributed by atoms with van der Waals surface area (Å²) in [7, 11) is 0. The van der Waals surface area contributed by atoms with Gasteiger partial charge < -0.3 is 0 Å². The number of amides is 2. The minimum atomic E-state index is -0.623. The molecule has 0 saturated heterocycles. The molecule has 0 aliphatic heterocycles. The zero-order valence-electron chi connectivity index (χ0n) is 11.5. The fourth-order valence-electron chi connectivity index (χ4n) is 2.00. The highest BCUT2D eigenvalue weighted by atomic mass is 16.5. The van der Waals surface area contributed by atoms with E-state index in [0.29, 0.717) is 22.3 Å². The van der Waals surface area contributed by atoms with E-state index in [0.717, 1.165) is 0 Å². The molecule has 6 nitrogen and oxygen atoms in total. The third-order valence-electron chi connectivity index (χ3n) is 3.06. The highest BCUT2D eigenvalue weighted by Gasteiger charge is 2.09. The van der Waals surface area contributed by atoms with Gasteiger partial charge in [0.2, 0.25) is 0 Å². The Bertz CT molecular complexity index is 664. The minimum Gasteiger partial charge on any atom is -0.288 e. The molecule has 0 saturated carbocycles. The fraction of sp³-hybridized carbons (Fsp3) is 0. The van der Waals surface area contributed by atoms with Crippen LogP contribution in [0.2, 0.25) is 0 Å². The lowest BCUT2D eigenvalue weighted by Gasteiger charge is -2.05. The van der Waals surface area contributed by atoms with Crippen molar-refractivity contribution in [2.45, 2.75) is 0 Å². The van der Waals surface area contributed by atoms with Crippen LogP contribution in [0.3, 0.4) is 0 Å². The second-order valence-electron chi connectivity index (χ2n) is 4.39. The first-order valence-electron chi connectivity index (χ1n) is 6.42. The molecule has 4 N–H and O–H groups in total. The van der Waals surface area contributed by atoms with E-state index in [-0.39, 0.29) is 0 Å². The molecular weight excluding hydrogens is 284 g/mol. The maximum Gasteiger partial charge on any atom is 0.275 e. The van der Waals surface area contributed by atoms with Crippen LogP contribution in [-0.2, 0) is 0 Å². The summed E-state index contributed by atoms with van der Waals surface area (Å²) in [5, 5.41) is 17.5. The highest BCUT2D eigenvalue weighted by Crippen LogP contribution is 2.16. The Balaban J connectivity index is 2.38. The standard InChI is InChI=1S/C16H14N2O4/c19-15(17-21)13-7-3-1-5-11(13)9-10-12-6-2-4-8-14(12)16(20)18-22/h1-10,21-22H,(H,17,19)(H,18,20). The number of hydrogen-bond acceptors (Lipinski definition) is 4. The molecule has 0 aliphatic carbocycles. The maximum absolute atomic E-state index is 11.6. The molecule has 0 aliphatic rings. The van der Waals surface area contributed by atoms with Gasteiger partial charge in [0.1, 0.15) is 0 Å². The number of hydroxylamine groups is 2. The molecule has 22 heavy (non-hydrogen) atoms. The summed E-state index contributed by atoms with van der Waals surface area (Å²) >= 11 is 0. The average molecular weight is 298 g/mol. The van der Waals surface area contributed by atoms with Crippen molar-refractivity contribution in [1.29, 1.82) is 0 Å². The molecule has 0 atom stereocenters. The molecule has 2 aromatic carbocycles. The summed E-state index contributed by atoms with van der Waals surface area (Å²) in [6, 6.07) is 13.4. The van der Waals surface area contributed by atoms with Gasteiger partial charge in [-0.3, -0.25) is 20.0 Å². The van der Waals surface area contributed by atoms with Crippen molar-refractivity contribution in [3.63, 3.8) is 0 Å². The molecule has 2 rings (SSSR count). The number of carbonyl (C=O) groups is 2. The quantitative estimate of drug-likeness (QED) is 0.394. The van der Waals surface area contributed by atoms with Gasteiger partial charge in [0, 0.05) is 11.1 Å². The summed E-state index contributed by atoms with van der Waals surface area (Å²) in [4.78, 5) is 23.1. The third-order valence-corrected chi connectivity index (χ3v) is 3.06. The highest BCUT2D eigenvalue weighted by molar-refractivity contribution is 6.00. The monoisotopic (exact) mass is 298 g/mol. The van der Waals surface area contributed by atoms with Crippen LogP contribution in [0, 0.1) is 0 Å². The Labute approximate surface area is 126 Å². The largest absolute Gasteiger partial charge is 0.288 e. The molecule has 0 spiro atoms. The lowest BCUT2D eigenvalue weighted by molar-refractivity contribution is 0.0701. The SMILES string of the molecule is O=C(NO)c1ccccc1C=Cc1ccccc1C(=O)NO. The lowest BCUT2D eigenvalue weighted by Crippen LogP contribution is -2.19. The van der Waals surface area contributed by atoms with Crippen molar-refractivity contribution in [2.75, 3.05) is 0 Å². The topological polar surface area (TPSA) is 98.7 Å². The number of rotatable bonds is 4. The van der Waals surface area contributed by atoms with Gasteiger partial charge in [-0.05, 0) is 23.3 Å². The molecule has 0 unspecified atom stereocenters. The molecule has 0 aromatic heterocycles. The minimum absolute atomic E-state index is 0.297. The summed E-state index contributed by atoms with van der Waals surface area (Å²) in [5.41, 5.74) is 4.92. The first-order valence-corrected chi connectivity index (χ1v) is 6.42. The van der Waals surface area contributed by atoms with E-state index < -0.39 is 11.8 Å². The molecule has 0 fully saturated rings. The van der Waals surface area contributed by atoms with Crippen LogP contribution in [-0.4, -0.2) is 22.2 Å². The molecule has 0 radical (unpaired) electrons. The zero-order valence-corrected chi connectivity index (χ0v) is 11.5. The maximum atomic E-state index is 11.6. The Morgan fingerprint density at radius 2 is 1.09 bits per heavy atom. The summed E-state index contributed by atoms with van der Waals surface area (Å²) in [6.45, 7) is 0. The molecule has 0 bridgehead atoms. The van der Waals surface area contributed by atoms with Gasteiger partial charge in [-0.15, -0.1) is 0 Å². The molecule has 2 aromatic rings. The van der Waals surface area contributed by atoms with Gasteiger partial charge in [-0.2, -0.15) is 0 Å². The van der Waals surface area contributed by atoms with Crippen LogP contribution in [0.4, 0.5) is 0 Å². The lowest BCUT2D eigenvalue weighted by atomic mass is 10.0. The Kier molecular flexibility index (Phi) is 5.02. The van der Waals surface area contributed by atoms with Crippen molar-refractivity contribution in [1.82, 2.24) is 11.0 Å². The average Bonchev–Trinajstić information content (AvgIpc) is 2.59. The third kappa shape index (κ3) is 3.38. The Hall–Kier alpha value is -2.96. The van der Waals surface area contributed by atoms with Crippen molar-refractivity contribution in [2.24, 2.45) is 0 Å². The second-order valence-corrected chi connectivity index (χ2v) is 4.39. The van der Waals surface area contributed by atoms with E-state index in [1.54, 1.807) is 71.6 Å². The van der Waals surface area contributed by atoms with Gasteiger partial charge in [0.25, 0.3) is 11.8 Å². The van der Waals surface area contributed by atoms with E-state index in [2.05, 4.69) is 0 Å². The Morgan fingerprint density at radius 3 is 1.45 bits per heavy atom. The molecule has 2 amide bonds. The molecule has 112 valence electrons. The number of nitrogens with one attached hydrogen (secondary N) is 2. The van der Waals surface area contributed by atoms with Crippen LogP contribution in [0.15, 0.2) is 48.5 Å².